The van der Waals surface area contributed by atoms with Crippen molar-refractivity contribution in [2.45, 2.75) is 103 Å². The van der Waals surface area contributed by atoms with Gasteiger partial charge < -0.3 is 0 Å². The topological polar surface area (TPSA) is 121 Å². The molecule has 2 aromatic rings. The molecule has 0 radical (unpaired) electrons. The first-order chi connectivity index (χ1) is 17.0. The predicted molar refractivity (Wildman–Crippen MR) is 154 cm³/mol. The van der Waals surface area contributed by atoms with Crippen LogP contribution in [0.25, 0.3) is 0 Å². The molecule has 0 amide bonds. The molecule has 0 aliphatic carbocycles. The van der Waals surface area contributed by atoms with Gasteiger partial charge in [-0.3, -0.25) is 0 Å². The fraction of sp³-hybridized carbons (Fsp3) is 0.571. The van der Waals surface area contributed by atoms with Gasteiger partial charge in [-0.25, -0.2) is 0 Å². The van der Waals surface area contributed by atoms with Crippen molar-refractivity contribution in [3.63, 3.8) is 0 Å². The summed E-state index contributed by atoms with van der Waals surface area (Å²) in [7, 11) is -8.72. The Kier molecular flexibility index (Phi) is 12.9. The van der Waals surface area contributed by atoms with Gasteiger partial charge in [0.1, 0.15) is 0 Å². The van der Waals surface area contributed by atoms with Crippen molar-refractivity contribution in [2.75, 3.05) is 0 Å². The standard InChI is InChI=1S/C28H48O6P2/c1-3-4-5-6-7-8-9-10-11-12-13-14-23-28(2,24-15-19-26(20-16-24)35(29,30)31)25-17-21-27(22-18-25)36(32,33)34/h15-22,29-36H,3-14,23H2,1-2H3. The summed E-state index contributed by atoms with van der Waals surface area (Å²) in [6, 6.07) is 13.5. The first-order valence-electron chi connectivity index (χ1n) is 13.5. The number of rotatable bonds is 17. The molecule has 2 aromatic carbocycles. The van der Waals surface area contributed by atoms with E-state index in [0.717, 1.165) is 30.4 Å². The zero-order chi connectivity index (χ0) is 26.7. The molecule has 0 aliphatic heterocycles. The second-order valence-corrected chi connectivity index (χ2v) is 14.1. The van der Waals surface area contributed by atoms with E-state index < -0.39 is 21.3 Å². The zero-order valence-electron chi connectivity index (χ0n) is 22.0. The van der Waals surface area contributed by atoms with Crippen LogP contribution in [0, 0.1) is 0 Å². The van der Waals surface area contributed by atoms with E-state index in [2.05, 4.69) is 13.8 Å². The van der Waals surface area contributed by atoms with E-state index in [0.29, 0.717) is 0 Å². The maximum atomic E-state index is 9.62. The van der Waals surface area contributed by atoms with Gasteiger partial charge in [0.2, 0.25) is 0 Å². The van der Waals surface area contributed by atoms with E-state index in [4.69, 9.17) is 0 Å². The fourth-order valence-corrected chi connectivity index (χ4v) is 6.13. The van der Waals surface area contributed by atoms with Gasteiger partial charge in [-0.05, 0) is 0 Å². The van der Waals surface area contributed by atoms with E-state index in [1.54, 1.807) is 24.3 Å². The van der Waals surface area contributed by atoms with Crippen molar-refractivity contribution < 1.29 is 29.4 Å². The van der Waals surface area contributed by atoms with Crippen molar-refractivity contribution in [1.29, 1.82) is 0 Å². The summed E-state index contributed by atoms with van der Waals surface area (Å²) in [6.45, 7) is 4.37. The molecule has 6 N–H and O–H groups in total. The van der Waals surface area contributed by atoms with E-state index in [1.807, 2.05) is 24.3 Å². The van der Waals surface area contributed by atoms with Crippen LogP contribution in [0.5, 0.6) is 0 Å². The molecule has 0 fully saturated rings. The van der Waals surface area contributed by atoms with Crippen molar-refractivity contribution in [1.82, 2.24) is 0 Å². The summed E-state index contributed by atoms with van der Waals surface area (Å²) in [5.74, 6) is 0. The van der Waals surface area contributed by atoms with Gasteiger partial charge in [0, 0.05) is 0 Å². The maximum absolute atomic E-state index is 9.62. The zero-order valence-corrected chi connectivity index (χ0v) is 24.0. The summed E-state index contributed by atoms with van der Waals surface area (Å²) in [5, 5.41) is 0.261. The van der Waals surface area contributed by atoms with Crippen LogP contribution in [0.4, 0.5) is 0 Å². The molecule has 8 heteroatoms. The Balaban J connectivity index is 1.97. The van der Waals surface area contributed by atoms with Gasteiger partial charge in [-0.1, -0.05) is 45.4 Å². The molecule has 0 bridgehead atoms. The Morgan fingerprint density at radius 2 is 0.806 bits per heavy atom. The summed E-state index contributed by atoms with van der Waals surface area (Å²) >= 11 is 0. The van der Waals surface area contributed by atoms with Crippen LogP contribution in [-0.4, -0.2) is 29.4 Å². The SMILES string of the molecule is CCCCCCCCCCCCCCC(C)(c1ccc([PH](O)(O)O)cc1)c1ccc([PH](O)(O)O)cc1. The van der Waals surface area contributed by atoms with Crippen LogP contribution < -0.4 is 10.6 Å². The van der Waals surface area contributed by atoms with Crippen LogP contribution in [-0.2, 0) is 5.41 Å². The molecule has 0 heterocycles. The number of unbranched alkanes of at least 4 members (excludes halogenated alkanes) is 11. The third kappa shape index (κ3) is 10.1. The molecule has 0 aliphatic rings. The number of hydrogen-bond acceptors (Lipinski definition) is 6. The van der Waals surface area contributed by atoms with Gasteiger partial charge in [-0.15, -0.1) is 0 Å². The third-order valence-corrected chi connectivity index (χ3v) is 9.56. The van der Waals surface area contributed by atoms with Crippen molar-refractivity contribution in [2.24, 2.45) is 0 Å². The number of benzene rings is 2. The summed E-state index contributed by atoms with van der Waals surface area (Å²) < 4.78 is 0. The normalized spacial score (nSPS) is 15.0. The molecule has 36 heavy (non-hydrogen) atoms. The molecule has 206 valence electrons. The third-order valence-electron chi connectivity index (χ3n) is 7.35. The minimum atomic E-state index is -4.36. The van der Waals surface area contributed by atoms with E-state index in [-0.39, 0.29) is 10.6 Å². The molecule has 0 spiro atoms. The molecule has 0 unspecified atom stereocenters. The van der Waals surface area contributed by atoms with Gasteiger partial charge in [0.05, 0.1) is 0 Å². The molecule has 0 saturated carbocycles. The monoisotopic (exact) mass is 542 g/mol. The fourth-order valence-electron chi connectivity index (χ4n) is 4.90. The van der Waals surface area contributed by atoms with Gasteiger partial charge >= 0.3 is 173 Å². The first-order valence-corrected chi connectivity index (χ1v) is 17.2. The molecule has 6 nitrogen and oxygen atoms in total. The van der Waals surface area contributed by atoms with Crippen molar-refractivity contribution in [3.8, 4) is 0 Å². The van der Waals surface area contributed by atoms with E-state index >= 15 is 0 Å². The second-order valence-electron chi connectivity index (χ2n) is 10.4. The van der Waals surface area contributed by atoms with Crippen molar-refractivity contribution >= 4 is 26.5 Å². The Hall–Kier alpha value is -0.940. The Labute approximate surface area is 218 Å². The van der Waals surface area contributed by atoms with Crippen LogP contribution in [0.3, 0.4) is 0 Å². The van der Waals surface area contributed by atoms with Gasteiger partial charge in [0.15, 0.2) is 0 Å². The van der Waals surface area contributed by atoms with E-state index in [9.17, 15) is 29.4 Å². The van der Waals surface area contributed by atoms with Gasteiger partial charge in [0.25, 0.3) is 0 Å². The average Bonchev–Trinajstić information content (AvgIpc) is 2.83. The molecule has 0 atom stereocenters. The summed E-state index contributed by atoms with van der Waals surface area (Å²) in [5.41, 5.74) is 1.55. The average molecular weight is 543 g/mol. The first kappa shape index (κ1) is 31.3. The van der Waals surface area contributed by atoms with Crippen LogP contribution in [0.15, 0.2) is 48.5 Å². The molecule has 0 aromatic heterocycles. The summed E-state index contributed by atoms with van der Waals surface area (Å²) in [4.78, 5) is 57.7. The van der Waals surface area contributed by atoms with Crippen LogP contribution >= 0.6 is 15.9 Å². The molecule has 0 saturated heterocycles. The van der Waals surface area contributed by atoms with E-state index in [1.165, 1.54) is 64.2 Å². The minimum absolute atomic E-state index is 0.130. The van der Waals surface area contributed by atoms with Gasteiger partial charge in [-0.2, -0.15) is 0 Å². The predicted octanol–water partition coefficient (Wildman–Crippen LogP) is 5.28. The summed E-state index contributed by atoms with van der Waals surface area (Å²) in [6.07, 6.45) is 16.2. The molecule has 2 rings (SSSR count). The van der Waals surface area contributed by atoms with Crippen LogP contribution in [0.2, 0.25) is 0 Å². The molecular formula is C28H48O6P2. The number of hydrogen-bond donors (Lipinski definition) is 6. The molecular weight excluding hydrogens is 494 g/mol. The van der Waals surface area contributed by atoms with Crippen molar-refractivity contribution in [3.05, 3.63) is 59.7 Å². The Morgan fingerprint density at radius 3 is 1.11 bits per heavy atom. The Morgan fingerprint density at radius 1 is 0.500 bits per heavy atom. The second kappa shape index (κ2) is 14.9. The van der Waals surface area contributed by atoms with Crippen LogP contribution in [0.1, 0.15) is 108 Å². The quantitative estimate of drug-likeness (QED) is 0.120. The Bertz CT molecular complexity index is 815.